The molecule has 33 valence electrons. The summed E-state index contributed by atoms with van der Waals surface area (Å²) in [6, 6.07) is 0. The van der Waals surface area contributed by atoms with Crippen molar-refractivity contribution in [2.24, 2.45) is 0 Å². The van der Waals surface area contributed by atoms with Gasteiger partial charge >= 0.3 is 19.3 Å². The van der Waals surface area contributed by atoms with E-state index in [4.69, 9.17) is 3.90 Å². The monoisotopic (exact) mass is 321 g/mol. The van der Waals surface area contributed by atoms with Gasteiger partial charge < -0.3 is 0 Å². The molecule has 0 rings (SSSR count). The normalized spacial score (nSPS) is 1.50. The van der Waals surface area contributed by atoms with Gasteiger partial charge in [0.05, 0.1) is 0 Å². The van der Waals surface area contributed by atoms with E-state index in [-0.39, 0.29) is 38.1 Å². The van der Waals surface area contributed by atoms with E-state index in [1.807, 2.05) is 0 Å². The molecule has 0 saturated heterocycles. The topological polar surface area (TPSA) is 17.1 Å². The molecule has 0 aromatic rings. The molecule has 0 atom stereocenters. The van der Waals surface area contributed by atoms with Gasteiger partial charge in [-0.15, -0.1) is 0 Å². The first-order valence-corrected chi connectivity index (χ1v) is 0.532. The van der Waals surface area contributed by atoms with Crippen molar-refractivity contribution in [1.82, 2.24) is 0 Å². The summed E-state index contributed by atoms with van der Waals surface area (Å²) in [5.74, 6) is 0. The fourth-order valence-corrected chi connectivity index (χ4v) is 0. The molecule has 0 aromatic carbocycles. The first-order chi connectivity index (χ1) is 1.00. The van der Waals surface area contributed by atoms with Gasteiger partial charge in [-0.05, 0) is 0 Å². The Morgan fingerprint density at radius 2 is 1.25 bits per heavy atom. The Kier molecular flexibility index (Phi) is 109. The summed E-state index contributed by atoms with van der Waals surface area (Å²) in [6.45, 7) is 0. The first-order valence-electron chi connectivity index (χ1n) is 0.129. The minimum Gasteiger partial charge on any atom is 0 e. The second-order valence-corrected chi connectivity index (χ2v) is 0. The first kappa shape index (κ1) is 17.8. The summed E-state index contributed by atoms with van der Waals surface area (Å²) in [6.07, 6.45) is 0. The van der Waals surface area contributed by atoms with Crippen LogP contribution in [0.5, 0.6) is 0 Å². The van der Waals surface area contributed by atoms with E-state index in [9.17, 15) is 0 Å². The fourth-order valence-electron chi connectivity index (χ4n) is 0. The van der Waals surface area contributed by atoms with Crippen LogP contribution in [0.25, 0.3) is 0 Å². The zero-order valence-electron chi connectivity index (χ0n) is 1.43. The van der Waals surface area contributed by atoms with Gasteiger partial charge in [0.15, 0.2) is 0 Å². The Morgan fingerprint density at radius 1 is 1.25 bits per heavy atom. The maximum absolute atomic E-state index is 7.88. The Hall–Kier alpha value is 1.50. The minimum atomic E-state index is 0. The summed E-state index contributed by atoms with van der Waals surface area (Å²) < 4.78 is 7.88. The zero-order valence-corrected chi connectivity index (χ0v) is 6.30. The third-order valence-electron chi connectivity index (χ3n) is 0. The molecule has 1 nitrogen and oxygen atoms in total. The summed E-state index contributed by atoms with van der Waals surface area (Å²) >= 11 is 2.62. The van der Waals surface area contributed by atoms with Gasteiger partial charge in [-0.1, -0.05) is 0 Å². The van der Waals surface area contributed by atoms with Crippen molar-refractivity contribution in [3.05, 3.63) is 0 Å². The molecule has 0 amide bonds. The molecular formula is CuNiOW. The van der Waals surface area contributed by atoms with E-state index in [2.05, 4.69) is 15.4 Å². The minimum absolute atomic E-state index is 0. The largest absolute Gasteiger partial charge is 0 e. The van der Waals surface area contributed by atoms with Crippen LogP contribution in [0.15, 0.2) is 0 Å². The van der Waals surface area contributed by atoms with Crippen LogP contribution in [-0.2, 0) is 57.4 Å². The number of hydrogen-bond donors (Lipinski definition) is 0. The SMILES string of the molecule is [Cu].[O]=[Ni].[W]. The summed E-state index contributed by atoms with van der Waals surface area (Å²) in [5, 5.41) is 0. The zero-order chi connectivity index (χ0) is 2.00. The Balaban J connectivity index is -0.00000000500. The average molecular weight is 322 g/mol. The maximum atomic E-state index is 7.88. The molecule has 0 heterocycles. The molecule has 0 aromatic heterocycles. The molecule has 0 aliphatic carbocycles. The standard InChI is InChI=1S/Cu.Ni.O.W. The Morgan fingerprint density at radius 3 is 1.25 bits per heavy atom. The third kappa shape index (κ3) is 9.72. The second kappa shape index (κ2) is 24.5. The quantitative estimate of drug-likeness (QED) is 0.568. The van der Waals surface area contributed by atoms with Crippen LogP contribution < -0.4 is 0 Å². The van der Waals surface area contributed by atoms with Gasteiger partial charge in [0.1, 0.15) is 0 Å². The molecule has 0 N–H and O–H groups in total. The predicted octanol–water partition coefficient (Wildman–Crippen LogP) is -0.126. The molecule has 0 unspecified atom stereocenters. The van der Waals surface area contributed by atoms with Gasteiger partial charge in [-0.3, -0.25) is 0 Å². The average Bonchev–Trinajstić information content (AvgIpc) is 1.00. The van der Waals surface area contributed by atoms with E-state index >= 15 is 0 Å². The van der Waals surface area contributed by atoms with Gasteiger partial charge in [0.2, 0.25) is 0 Å². The van der Waals surface area contributed by atoms with E-state index in [0.29, 0.717) is 0 Å². The van der Waals surface area contributed by atoms with Crippen molar-refractivity contribution in [2.75, 3.05) is 0 Å². The van der Waals surface area contributed by atoms with Crippen molar-refractivity contribution in [1.29, 1.82) is 0 Å². The summed E-state index contributed by atoms with van der Waals surface area (Å²) in [5.41, 5.74) is 0. The van der Waals surface area contributed by atoms with Crippen LogP contribution in [0.2, 0.25) is 0 Å². The van der Waals surface area contributed by atoms with E-state index in [1.54, 1.807) is 0 Å². The molecule has 0 fully saturated rings. The van der Waals surface area contributed by atoms with Crippen LogP contribution in [0.3, 0.4) is 0 Å². The van der Waals surface area contributed by atoms with Gasteiger partial charge in [-0.2, -0.15) is 0 Å². The summed E-state index contributed by atoms with van der Waals surface area (Å²) in [4.78, 5) is 0. The molecule has 4 heteroatoms. The second-order valence-electron chi connectivity index (χ2n) is 0. The summed E-state index contributed by atoms with van der Waals surface area (Å²) in [7, 11) is 0. The molecule has 1 radical (unpaired) electrons. The predicted molar refractivity (Wildman–Crippen MR) is 0.686 cm³/mol. The van der Waals surface area contributed by atoms with Gasteiger partial charge in [0.25, 0.3) is 0 Å². The van der Waals surface area contributed by atoms with E-state index < -0.39 is 0 Å². The van der Waals surface area contributed by atoms with Crippen molar-refractivity contribution < 1.29 is 57.4 Å². The van der Waals surface area contributed by atoms with Crippen molar-refractivity contribution in [3.63, 3.8) is 0 Å². The van der Waals surface area contributed by atoms with Crippen molar-refractivity contribution in [3.8, 4) is 0 Å². The van der Waals surface area contributed by atoms with Gasteiger partial charge in [0, 0.05) is 38.1 Å². The van der Waals surface area contributed by atoms with Crippen LogP contribution in [-0.4, -0.2) is 0 Å². The van der Waals surface area contributed by atoms with E-state index in [0.717, 1.165) is 0 Å². The van der Waals surface area contributed by atoms with E-state index in [1.165, 1.54) is 0 Å². The maximum Gasteiger partial charge on any atom is 0 e. The smallest absolute Gasteiger partial charge is 0 e. The number of hydrogen-bond acceptors (Lipinski definition) is 1. The third-order valence-corrected chi connectivity index (χ3v) is 0. The molecule has 0 spiro atoms. The van der Waals surface area contributed by atoms with Crippen LogP contribution >= 0.6 is 0 Å². The van der Waals surface area contributed by atoms with Crippen LogP contribution in [0, 0.1) is 0 Å². The Labute approximate surface area is 57.2 Å². The Bertz CT molecular complexity index is 8.00. The van der Waals surface area contributed by atoms with Crippen molar-refractivity contribution >= 4 is 0 Å². The molecule has 4 heavy (non-hydrogen) atoms. The molecule has 0 bridgehead atoms. The van der Waals surface area contributed by atoms with Crippen molar-refractivity contribution in [2.45, 2.75) is 0 Å². The number of rotatable bonds is 0. The fraction of sp³-hybridized carbons (Fsp3) is 0. The van der Waals surface area contributed by atoms with Gasteiger partial charge in [-0.25, -0.2) is 0 Å². The molecule has 0 aliphatic heterocycles. The van der Waals surface area contributed by atoms with Crippen LogP contribution in [0.1, 0.15) is 0 Å². The van der Waals surface area contributed by atoms with Crippen LogP contribution in [0.4, 0.5) is 0 Å². The molecular weight excluding hydrogens is 322 g/mol. The molecule has 0 saturated carbocycles. The molecule has 0 aliphatic rings.